The molecule has 3 heteroatoms. The second-order valence-electron chi connectivity index (χ2n) is 14.5. The Morgan fingerprint density at radius 2 is 0.945 bits per heavy atom. The maximum Gasteiger partial charge on any atom is 0.0547 e. The fourth-order valence-corrected chi connectivity index (χ4v) is 10.2. The lowest BCUT2D eigenvalue weighted by atomic mass is 9.96. The van der Waals surface area contributed by atoms with Gasteiger partial charge in [0.05, 0.1) is 27.8 Å². The van der Waals surface area contributed by atoms with Crippen LogP contribution in [-0.2, 0) is 0 Å². The minimum Gasteiger partial charge on any atom is -0.309 e. The number of nitrogens with zero attached hydrogens (tertiary/aromatic N) is 2. The standard InChI is InChI=1S/C52H32N2S/c1-2-14-37(15-3-1)53-45-21-9-6-17-40(45)42-27-25-34(31-49(42)53)33-26-28-47-44(30-33)41-18-7-10-22-46(41)54(47)48-32-36(29-35-13-4-5-16-38(35)48)39-20-12-24-51-52(39)43-19-8-11-23-50(43)55-51/h1-32H. The Morgan fingerprint density at radius 1 is 0.327 bits per heavy atom. The number of aromatic nitrogens is 2. The second kappa shape index (κ2) is 11.8. The Hall–Kier alpha value is -6.94. The van der Waals surface area contributed by atoms with Crippen LogP contribution in [0.1, 0.15) is 0 Å². The lowest BCUT2D eigenvalue weighted by Crippen LogP contribution is -1.96. The van der Waals surface area contributed by atoms with Gasteiger partial charge in [-0.15, -0.1) is 11.3 Å². The van der Waals surface area contributed by atoms with Crippen molar-refractivity contribution < 1.29 is 0 Å². The molecule has 0 aliphatic heterocycles. The van der Waals surface area contributed by atoms with Gasteiger partial charge in [0.2, 0.25) is 0 Å². The summed E-state index contributed by atoms with van der Waals surface area (Å²) in [5, 5.41) is 10.1. The van der Waals surface area contributed by atoms with E-state index in [4.69, 9.17) is 0 Å². The number of hydrogen-bond donors (Lipinski definition) is 0. The van der Waals surface area contributed by atoms with E-state index in [2.05, 4.69) is 203 Å². The minimum absolute atomic E-state index is 1.17. The van der Waals surface area contributed by atoms with E-state index in [1.54, 1.807) is 0 Å². The summed E-state index contributed by atoms with van der Waals surface area (Å²) < 4.78 is 7.53. The summed E-state index contributed by atoms with van der Waals surface area (Å²) in [4.78, 5) is 0. The first-order valence-corrected chi connectivity index (χ1v) is 19.7. The van der Waals surface area contributed by atoms with E-state index < -0.39 is 0 Å². The van der Waals surface area contributed by atoms with Crippen LogP contribution in [0.2, 0.25) is 0 Å². The van der Waals surface area contributed by atoms with Crippen LogP contribution in [0.15, 0.2) is 194 Å². The van der Waals surface area contributed by atoms with Crippen molar-refractivity contribution in [2.45, 2.75) is 0 Å². The molecular formula is C52H32N2S. The van der Waals surface area contributed by atoms with Gasteiger partial charge in [0.1, 0.15) is 0 Å². The number of hydrogen-bond acceptors (Lipinski definition) is 1. The molecule has 9 aromatic carbocycles. The molecule has 256 valence electrons. The summed E-state index contributed by atoms with van der Waals surface area (Å²) in [6, 6.07) is 71.5. The van der Waals surface area contributed by atoms with Gasteiger partial charge < -0.3 is 9.13 Å². The normalized spacial score (nSPS) is 12.0. The predicted molar refractivity (Wildman–Crippen MR) is 236 cm³/mol. The highest BCUT2D eigenvalue weighted by Gasteiger charge is 2.19. The van der Waals surface area contributed by atoms with Crippen molar-refractivity contribution in [2.75, 3.05) is 0 Å². The summed E-state index contributed by atoms with van der Waals surface area (Å²) in [6.07, 6.45) is 0. The highest BCUT2D eigenvalue weighted by molar-refractivity contribution is 7.25. The van der Waals surface area contributed by atoms with Gasteiger partial charge >= 0.3 is 0 Å². The van der Waals surface area contributed by atoms with Crippen molar-refractivity contribution >= 4 is 85.9 Å². The number of rotatable bonds is 4. The number of thiophene rings is 1. The second-order valence-corrected chi connectivity index (χ2v) is 15.6. The first-order chi connectivity index (χ1) is 27.3. The zero-order valence-corrected chi connectivity index (χ0v) is 30.6. The molecule has 2 nitrogen and oxygen atoms in total. The summed E-state index contributed by atoms with van der Waals surface area (Å²) in [6.45, 7) is 0. The molecule has 0 aliphatic rings. The summed E-state index contributed by atoms with van der Waals surface area (Å²) in [5.41, 5.74) is 12.1. The topological polar surface area (TPSA) is 9.86 Å². The lowest BCUT2D eigenvalue weighted by Gasteiger charge is -2.15. The van der Waals surface area contributed by atoms with E-state index in [0.29, 0.717) is 0 Å². The molecule has 0 radical (unpaired) electrons. The van der Waals surface area contributed by atoms with Crippen LogP contribution < -0.4 is 0 Å². The molecule has 0 aliphatic carbocycles. The van der Waals surface area contributed by atoms with Gasteiger partial charge in [0.25, 0.3) is 0 Å². The SMILES string of the molecule is c1ccc(-n2c3ccccc3c3ccc(-c4ccc5c(c4)c4ccccc4n5-c4cc(-c5cccc6sc7ccccc7c56)cc5ccccc45)cc32)cc1. The Kier molecular flexibility index (Phi) is 6.54. The average Bonchev–Trinajstić information content (AvgIpc) is 3.91. The number of para-hydroxylation sites is 3. The molecule has 0 saturated carbocycles. The van der Waals surface area contributed by atoms with Gasteiger partial charge in [-0.25, -0.2) is 0 Å². The summed E-state index contributed by atoms with van der Waals surface area (Å²) in [7, 11) is 0. The molecule has 3 aromatic heterocycles. The monoisotopic (exact) mass is 716 g/mol. The quantitative estimate of drug-likeness (QED) is 0.172. The third kappa shape index (κ3) is 4.54. The fourth-order valence-electron chi connectivity index (χ4n) is 9.06. The van der Waals surface area contributed by atoms with Crippen molar-refractivity contribution in [1.29, 1.82) is 0 Å². The Bertz CT molecular complexity index is 3490. The molecule has 0 unspecified atom stereocenters. The third-order valence-electron chi connectivity index (χ3n) is 11.5. The zero-order valence-electron chi connectivity index (χ0n) is 29.8. The molecule has 0 amide bonds. The van der Waals surface area contributed by atoms with Crippen LogP contribution in [-0.4, -0.2) is 9.13 Å². The maximum absolute atomic E-state index is 2.49. The van der Waals surface area contributed by atoms with Crippen LogP contribution in [0.5, 0.6) is 0 Å². The van der Waals surface area contributed by atoms with Crippen LogP contribution >= 0.6 is 11.3 Å². The van der Waals surface area contributed by atoms with E-state index in [1.807, 2.05) is 11.3 Å². The van der Waals surface area contributed by atoms with E-state index in [9.17, 15) is 0 Å². The first-order valence-electron chi connectivity index (χ1n) is 18.8. The van der Waals surface area contributed by atoms with Gasteiger partial charge in [-0.05, 0) is 94.4 Å². The van der Waals surface area contributed by atoms with Crippen LogP contribution in [0.3, 0.4) is 0 Å². The van der Waals surface area contributed by atoms with Crippen molar-refractivity contribution in [2.24, 2.45) is 0 Å². The van der Waals surface area contributed by atoms with Gasteiger partial charge in [0.15, 0.2) is 0 Å². The van der Waals surface area contributed by atoms with Crippen LogP contribution in [0.25, 0.3) is 108 Å². The van der Waals surface area contributed by atoms with Crippen LogP contribution in [0.4, 0.5) is 0 Å². The molecule has 12 rings (SSSR count). The molecule has 0 N–H and O–H groups in total. The van der Waals surface area contributed by atoms with Crippen molar-refractivity contribution in [3.63, 3.8) is 0 Å². The van der Waals surface area contributed by atoms with Crippen molar-refractivity contribution in [3.05, 3.63) is 194 Å². The van der Waals surface area contributed by atoms with E-state index in [-0.39, 0.29) is 0 Å². The van der Waals surface area contributed by atoms with Gasteiger partial charge in [-0.1, -0.05) is 127 Å². The molecule has 0 spiro atoms. The largest absolute Gasteiger partial charge is 0.309 e. The Balaban J connectivity index is 1.09. The minimum atomic E-state index is 1.17. The summed E-state index contributed by atoms with van der Waals surface area (Å²) >= 11 is 1.87. The van der Waals surface area contributed by atoms with E-state index in [0.717, 1.165) is 0 Å². The molecule has 0 saturated heterocycles. The smallest absolute Gasteiger partial charge is 0.0547 e. The molecule has 55 heavy (non-hydrogen) atoms. The molecule has 0 bridgehead atoms. The van der Waals surface area contributed by atoms with Crippen molar-refractivity contribution in [3.8, 4) is 33.6 Å². The highest BCUT2D eigenvalue weighted by atomic mass is 32.1. The van der Waals surface area contributed by atoms with E-state index >= 15 is 0 Å². The van der Waals surface area contributed by atoms with Crippen LogP contribution in [0, 0.1) is 0 Å². The third-order valence-corrected chi connectivity index (χ3v) is 12.6. The molecule has 0 atom stereocenters. The maximum atomic E-state index is 2.49. The summed E-state index contributed by atoms with van der Waals surface area (Å²) in [5.74, 6) is 0. The average molecular weight is 717 g/mol. The number of fused-ring (bicyclic) bond motifs is 10. The molecule has 12 aromatic rings. The molecular weight excluding hydrogens is 685 g/mol. The fraction of sp³-hybridized carbons (Fsp3) is 0. The van der Waals surface area contributed by atoms with E-state index in [1.165, 1.54) is 108 Å². The number of benzene rings is 9. The Labute approximate surface area is 321 Å². The molecule has 3 heterocycles. The lowest BCUT2D eigenvalue weighted by molar-refractivity contribution is 1.18. The van der Waals surface area contributed by atoms with Gasteiger partial charge in [-0.3, -0.25) is 0 Å². The highest BCUT2D eigenvalue weighted by Crippen LogP contribution is 2.43. The predicted octanol–water partition coefficient (Wildman–Crippen LogP) is 14.7. The van der Waals surface area contributed by atoms with Gasteiger partial charge in [-0.2, -0.15) is 0 Å². The Morgan fingerprint density at radius 3 is 1.80 bits per heavy atom. The van der Waals surface area contributed by atoms with Gasteiger partial charge in [0, 0.05) is 52.8 Å². The first kappa shape index (κ1) is 30.5. The zero-order chi connectivity index (χ0) is 36.0. The van der Waals surface area contributed by atoms with Crippen molar-refractivity contribution in [1.82, 2.24) is 9.13 Å². The molecule has 0 fully saturated rings.